The van der Waals surface area contributed by atoms with Gasteiger partial charge in [0.05, 0.1) is 0 Å². The normalized spacial score (nSPS) is 19.9. The number of alkyl carbamates (subject to hydrolysis) is 1. The Balaban J connectivity index is 1.63. The van der Waals surface area contributed by atoms with Crippen LogP contribution in [0.25, 0.3) is 0 Å². The fourth-order valence-corrected chi connectivity index (χ4v) is 4.77. The van der Waals surface area contributed by atoms with Crippen LogP contribution < -0.4 is 5.32 Å². The van der Waals surface area contributed by atoms with Gasteiger partial charge in [0.2, 0.25) is 5.91 Å². The summed E-state index contributed by atoms with van der Waals surface area (Å²) in [5, 5.41) is 3.67. The number of hydrogen-bond donors (Lipinski definition) is 1. The predicted molar refractivity (Wildman–Crippen MR) is 120 cm³/mol. The molecule has 1 atom stereocenters. The molecule has 0 spiro atoms. The van der Waals surface area contributed by atoms with Crippen molar-refractivity contribution in [3.8, 4) is 0 Å². The number of nitrogens with zero attached hydrogens (tertiary/aromatic N) is 1. The lowest BCUT2D eigenvalue weighted by Gasteiger charge is -2.38. The Bertz CT molecular complexity index is 715. The maximum Gasteiger partial charge on any atom is 0.408 e. The van der Waals surface area contributed by atoms with E-state index in [9.17, 15) is 9.59 Å². The van der Waals surface area contributed by atoms with Crippen molar-refractivity contribution in [1.82, 2.24) is 10.2 Å². The summed E-state index contributed by atoms with van der Waals surface area (Å²) in [6.45, 7) is 6.94. The van der Waals surface area contributed by atoms with Crippen LogP contribution in [0.15, 0.2) is 24.3 Å². The second-order valence-electron chi connectivity index (χ2n) is 9.67. The Morgan fingerprint density at radius 3 is 2.20 bits per heavy atom. The number of halogens is 1. The second kappa shape index (κ2) is 10.0. The maximum atomic E-state index is 13.4. The molecule has 1 saturated carbocycles. The van der Waals surface area contributed by atoms with Gasteiger partial charge in [-0.3, -0.25) is 4.79 Å². The molecule has 1 N–H and O–H groups in total. The van der Waals surface area contributed by atoms with Gasteiger partial charge in [0.15, 0.2) is 0 Å². The number of carbonyl (C=O) groups excluding carboxylic acids is 2. The Hall–Kier alpha value is -1.75. The van der Waals surface area contributed by atoms with Gasteiger partial charge in [-0.15, -0.1) is 0 Å². The zero-order valence-electron chi connectivity index (χ0n) is 18.5. The molecule has 0 radical (unpaired) electrons. The Kier molecular flexibility index (Phi) is 7.67. The van der Waals surface area contributed by atoms with Crippen LogP contribution in [0.3, 0.4) is 0 Å². The summed E-state index contributed by atoms with van der Waals surface area (Å²) in [7, 11) is 0. The number of rotatable bonds is 4. The van der Waals surface area contributed by atoms with Crippen LogP contribution in [-0.2, 0) is 9.53 Å². The molecule has 1 saturated heterocycles. The van der Waals surface area contributed by atoms with Crippen LogP contribution in [0.5, 0.6) is 0 Å². The first kappa shape index (κ1) is 22.9. The number of benzene rings is 1. The van der Waals surface area contributed by atoms with Crippen molar-refractivity contribution in [2.45, 2.75) is 83.3 Å². The maximum absolute atomic E-state index is 13.4. The van der Waals surface area contributed by atoms with Gasteiger partial charge >= 0.3 is 6.09 Å². The van der Waals surface area contributed by atoms with Crippen molar-refractivity contribution in [3.63, 3.8) is 0 Å². The van der Waals surface area contributed by atoms with E-state index in [1.807, 2.05) is 37.8 Å². The van der Waals surface area contributed by atoms with Gasteiger partial charge in [-0.25, -0.2) is 4.79 Å². The van der Waals surface area contributed by atoms with Crippen molar-refractivity contribution < 1.29 is 14.3 Å². The van der Waals surface area contributed by atoms with Crippen LogP contribution in [0.4, 0.5) is 4.79 Å². The summed E-state index contributed by atoms with van der Waals surface area (Å²) < 4.78 is 5.45. The van der Waals surface area contributed by atoms with E-state index in [0.29, 0.717) is 19.0 Å². The average Bonchev–Trinajstić information content (AvgIpc) is 2.72. The molecule has 1 aromatic rings. The van der Waals surface area contributed by atoms with E-state index in [1.165, 1.54) is 12.0 Å². The van der Waals surface area contributed by atoms with Crippen LogP contribution in [0.2, 0.25) is 5.02 Å². The Morgan fingerprint density at radius 1 is 1.03 bits per heavy atom. The smallest absolute Gasteiger partial charge is 0.408 e. The summed E-state index contributed by atoms with van der Waals surface area (Å²) in [5.41, 5.74) is 0.698. The molecule has 2 amide bonds. The molecule has 2 aliphatic rings. The molecule has 2 fully saturated rings. The van der Waals surface area contributed by atoms with E-state index < -0.39 is 17.7 Å². The van der Waals surface area contributed by atoms with Crippen molar-refractivity contribution >= 4 is 23.6 Å². The molecule has 166 valence electrons. The average molecular weight is 435 g/mol. The van der Waals surface area contributed by atoms with E-state index in [2.05, 4.69) is 17.4 Å². The third-order valence-electron chi connectivity index (χ3n) is 6.21. The highest BCUT2D eigenvalue weighted by molar-refractivity contribution is 6.30. The van der Waals surface area contributed by atoms with E-state index in [0.717, 1.165) is 43.5 Å². The van der Waals surface area contributed by atoms with Crippen molar-refractivity contribution in [3.05, 3.63) is 34.9 Å². The summed E-state index contributed by atoms with van der Waals surface area (Å²) in [6, 6.07) is 7.53. The minimum absolute atomic E-state index is 0.0438. The topological polar surface area (TPSA) is 58.6 Å². The lowest BCUT2D eigenvalue weighted by atomic mass is 9.82. The van der Waals surface area contributed by atoms with Gasteiger partial charge < -0.3 is 15.0 Å². The Morgan fingerprint density at radius 2 is 1.63 bits per heavy atom. The standard InChI is InChI=1S/C24H35ClN2O3/c1-24(2,3)30-23(29)26-21(19-7-5-4-6-8-19)22(28)27-15-13-18(14-16-27)17-9-11-20(25)12-10-17/h9-12,18-19,21H,4-8,13-16H2,1-3H3,(H,26,29)/t21-/m1/s1. The van der Waals surface area contributed by atoms with Crippen molar-refractivity contribution in [1.29, 1.82) is 0 Å². The molecule has 30 heavy (non-hydrogen) atoms. The molecule has 3 rings (SSSR count). The van der Waals surface area contributed by atoms with Crippen LogP contribution in [0, 0.1) is 5.92 Å². The molecule has 0 bridgehead atoms. The van der Waals surface area contributed by atoms with Crippen LogP contribution in [0.1, 0.15) is 77.2 Å². The first-order valence-corrected chi connectivity index (χ1v) is 11.6. The van der Waals surface area contributed by atoms with Crippen molar-refractivity contribution in [2.24, 2.45) is 5.92 Å². The molecular formula is C24H35ClN2O3. The molecule has 0 unspecified atom stereocenters. The minimum Gasteiger partial charge on any atom is -0.444 e. The fourth-order valence-electron chi connectivity index (χ4n) is 4.65. The molecule has 0 aromatic heterocycles. The number of carbonyl (C=O) groups is 2. The first-order valence-electron chi connectivity index (χ1n) is 11.3. The summed E-state index contributed by atoms with van der Waals surface area (Å²) in [6.07, 6.45) is 6.75. The third-order valence-corrected chi connectivity index (χ3v) is 6.46. The highest BCUT2D eigenvalue weighted by atomic mass is 35.5. The number of amides is 2. The zero-order valence-corrected chi connectivity index (χ0v) is 19.2. The lowest BCUT2D eigenvalue weighted by Crippen LogP contribution is -2.54. The predicted octanol–water partition coefficient (Wildman–Crippen LogP) is 5.52. The van der Waals surface area contributed by atoms with Crippen molar-refractivity contribution in [2.75, 3.05) is 13.1 Å². The summed E-state index contributed by atoms with van der Waals surface area (Å²) in [4.78, 5) is 27.8. The summed E-state index contributed by atoms with van der Waals surface area (Å²) in [5.74, 6) is 0.674. The number of hydrogen-bond acceptors (Lipinski definition) is 3. The van der Waals surface area contributed by atoms with Gasteiger partial charge in [0.1, 0.15) is 11.6 Å². The summed E-state index contributed by atoms with van der Waals surface area (Å²) >= 11 is 6.01. The molecule has 1 aliphatic heterocycles. The largest absolute Gasteiger partial charge is 0.444 e. The zero-order chi connectivity index (χ0) is 21.7. The molecule has 1 heterocycles. The van der Waals surface area contributed by atoms with Gasteiger partial charge in [0.25, 0.3) is 0 Å². The quantitative estimate of drug-likeness (QED) is 0.678. The third kappa shape index (κ3) is 6.37. The second-order valence-corrected chi connectivity index (χ2v) is 10.1. The van der Waals surface area contributed by atoms with Gasteiger partial charge in [0, 0.05) is 18.1 Å². The number of piperidine rings is 1. The van der Waals surface area contributed by atoms with E-state index >= 15 is 0 Å². The lowest BCUT2D eigenvalue weighted by molar-refractivity contribution is -0.136. The number of likely N-dealkylation sites (tertiary alicyclic amines) is 1. The first-order chi connectivity index (χ1) is 14.2. The van der Waals surface area contributed by atoms with Crippen LogP contribution >= 0.6 is 11.6 Å². The van der Waals surface area contributed by atoms with Gasteiger partial charge in [-0.05, 0) is 76.0 Å². The van der Waals surface area contributed by atoms with E-state index in [1.54, 1.807) is 0 Å². The minimum atomic E-state index is -0.582. The molecule has 5 nitrogen and oxygen atoms in total. The van der Waals surface area contributed by atoms with E-state index in [4.69, 9.17) is 16.3 Å². The molecule has 1 aromatic carbocycles. The monoisotopic (exact) mass is 434 g/mol. The van der Waals surface area contributed by atoms with E-state index in [-0.39, 0.29) is 11.8 Å². The van der Waals surface area contributed by atoms with Gasteiger partial charge in [-0.1, -0.05) is 43.0 Å². The molecular weight excluding hydrogens is 400 g/mol. The number of nitrogens with one attached hydrogen (secondary N) is 1. The molecule has 6 heteroatoms. The highest BCUT2D eigenvalue weighted by Crippen LogP contribution is 2.31. The Labute approximate surface area is 185 Å². The van der Waals surface area contributed by atoms with Gasteiger partial charge in [-0.2, -0.15) is 0 Å². The number of ether oxygens (including phenoxy) is 1. The fraction of sp³-hybridized carbons (Fsp3) is 0.667. The van der Waals surface area contributed by atoms with Crippen LogP contribution in [-0.4, -0.2) is 41.6 Å². The SMILES string of the molecule is CC(C)(C)OC(=O)N[C@@H](C(=O)N1CCC(c2ccc(Cl)cc2)CC1)C1CCCCC1. The highest BCUT2D eigenvalue weighted by Gasteiger charge is 2.36. The molecule has 1 aliphatic carbocycles.